The molecule has 2 nitrogen and oxygen atoms in total. The first-order valence-corrected chi connectivity index (χ1v) is 4.73. The van der Waals surface area contributed by atoms with E-state index in [1.807, 2.05) is 12.1 Å². The third-order valence-electron chi connectivity index (χ3n) is 1.79. The molecule has 0 saturated heterocycles. The predicted molar refractivity (Wildman–Crippen MR) is 57.5 cm³/mol. The molecule has 2 rings (SSSR count). The molecular weight excluding hydrogens is 219 g/mol. The molecule has 0 aliphatic heterocycles. The van der Waals surface area contributed by atoms with Gasteiger partial charge >= 0.3 is 0 Å². The van der Waals surface area contributed by atoms with Crippen LogP contribution in [0.2, 0.25) is 10.0 Å². The van der Waals surface area contributed by atoms with Crippen LogP contribution in [0, 0.1) is 0 Å². The zero-order chi connectivity index (χ0) is 9.97. The van der Waals surface area contributed by atoms with Gasteiger partial charge in [-0.3, -0.25) is 9.97 Å². The van der Waals surface area contributed by atoms with Crippen LogP contribution in [0.3, 0.4) is 0 Å². The van der Waals surface area contributed by atoms with E-state index in [4.69, 9.17) is 23.2 Å². The molecular formula is C10H6Cl2N2. The van der Waals surface area contributed by atoms with Crippen molar-refractivity contribution in [3.05, 3.63) is 47.0 Å². The quantitative estimate of drug-likeness (QED) is 0.742. The minimum Gasteiger partial charge on any atom is -0.263 e. The Morgan fingerprint density at radius 3 is 2.57 bits per heavy atom. The van der Waals surface area contributed by atoms with Crippen LogP contribution in [0.1, 0.15) is 0 Å². The Morgan fingerprint density at radius 1 is 1.00 bits per heavy atom. The summed E-state index contributed by atoms with van der Waals surface area (Å²) in [6.07, 6.45) is 6.58. The van der Waals surface area contributed by atoms with E-state index < -0.39 is 0 Å². The van der Waals surface area contributed by atoms with Gasteiger partial charge in [0.15, 0.2) is 0 Å². The molecule has 0 aliphatic carbocycles. The van der Waals surface area contributed by atoms with Gasteiger partial charge in [-0.05, 0) is 12.1 Å². The summed E-state index contributed by atoms with van der Waals surface area (Å²) in [5, 5.41) is 1.19. The molecule has 0 amide bonds. The van der Waals surface area contributed by atoms with Crippen molar-refractivity contribution in [3.8, 4) is 11.1 Å². The second kappa shape index (κ2) is 3.95. The summed E-state index contributed by atoms with van der Waals surface area (Å²) >= 11 is 11.8. The lowest BCUT2D eigenvalue weighted by Crippen LogP contribution is -1.82. The van der Waals surface area contributed by atoms with Gasteiger partial charge < -0.3 is 0 Å². The molecule has 0 aromatic carbocycles. The lowest BCUT2D eigenvalue weighted by molar-refractivity contribution is 1.30. The monoisotopic (exact) mass is 224 g/mol. The van der Waals surface area contributed by atoms with Gasteiger partial charge in [-0.25, -0.2) is 0 Å². The van der Waals surface area contributed by atoms with Crippen molar-refractivity contribution in [2.24, 2.45) is 0 Å². The Labute approximate surface area is 91.5 Å². The number of aromatic nitrogens is 2. The Hall–Kier alpha value is -1.12. The second-order valence-electron chi connectivity index (χ2n) is 2.75. The summed E-state index contributed by atoms with van der Waals surface area (Å²) in [6.45, 7) is 0. The molecule has 2 aromatic rings. The molecule has 4 heteroatoms. The summed E-state index contributed by atoms with van der Waals surface area (Å²) in [5.41, 5.74) is 1.78. The third-order valence-corrected chi connectivity index (χ3v) is 2.30. The second-order valence-corrected chi connectivity index (χ2v) is 3.59. The first kappa shape index (κ1) is 9.44. The summed E-state index contributed by atoms with van der Waals surface area (Å²) in [7, 11) is 0. The third kappa shape index (κ3) is 1.86. The average Bonchev–Trinajstić information content (AvgIpc) is 2.18. The van der Waals surface area contributed by atoms with Crippen molar-refractivity contribution in [1.29, 1.82) is 0 Å². The van der Waals surface area contributed by atoms with Crippen LogP contribution in [0.25, 0.3) is 11.1 Å². The number of hydrogen-bond acceptors (Lipinski definition) is 2. The fourth-order valence-corrected chi connectivity index (χ4v) is 1.57. The lowest BCUT2D eigenvalue weighted by Gasteiger charge is -2.02. The largest absolute Gasteiger partial charge is 0.263 e. The van der Waals surface area contributed by atoms with E-state index >= 15 is 0 Å². The van der Waals surface area contributed by atoms with Crippen LogP contribution >= 0.6 is 23.2 Å². The van der Waals surface area contributed by atoms with E-state index in [0.717, 1.165) is 11.1 Å². The van der Waals surface area contributed by atoms with E-state index in [1.165, 1.54) is 0 Å². The summed E-state index contributed by atoms with van der Waals surface area (Å²) in [5.74, 6) is 0. The molecule has 0 spiro atoms. The fourth-order valence-electron chi connectivity index (χ4n) is 1.17. The molecule has 0 fully saturated rings. The van der Waals surface area contributed by atoms with Crippen molar-refractivity contribution < 1.29 is 0 Å². The SMILES string of the molecule is Clc1cncc(-c2ccncc2Cl)c1. The molecule has 0 unspecified atom stereocenters. The molecule has 0 bridgehead atoms. The van der Waals surface area contributed by atoms with Gasteiger partial charge in [0, 0.05) is 35.9 Å². The minimum atomic E-state index is 0.593. The van der Waals surface area contributed by atoms with E-state index in [9.17, 15) is 0 Å². The standard InChI is InChI=1S/C10H6Cl2N2/c11-8-3-7(4-14-5-8)9-1-2-13-6-10(9)12/h1-6H. The molecule has 2 heterocycles. The molecule has 0 aliphatic rings. The first-order chi connectivity index (χ1) is 6.77. The highest BCUT2D eigenvalue weighted by Crippen LogP contribution is 2.27. The highest BCUT2D eigenvalue weighted by Gasteiger charge is 2.03. The normalized spacial score (nSPS) is 10.1. The van der Waals surface area contributed by atoms with Gasteiger partial charge in [-0.1, -0.05) is 23.2 Å². The lowest BCUT2D eigenvalue weighted by atomic mass is 10.1. The maximum Gasteiger partial charge on any atom is 0.0668 e. The molecule has 0 radical (unpaired) electrons. The zero-order valence-electron chi connectivity index (χ0n) is 7.11. The number of hydrogen-bond donors (Lipinski definition) is 0. The van der Waals surface area contributed by atoms with Gasteiger partial charge in [0.2, 0.25) is 0 Å². The smallest absolute Gasteiger partial charge is 0.0668 e. The minimum absolute atomic E-state index is 0.593. The van der Waals surface area contributed by atoms with Crippen molar-refractivity contribution in [3.63, 3.8) is 0 Å². The molecule has 70 valence electrons. The Morgan fingerprint density at radius 2 is 1.86 bits per heavy atom. The molecule has 2 aromatic heterocycles. The van der Waals surface area contributed by atoms with Gasteiger partial charge in [0.1, 0.15) is 0 Å². The predicted octanol–water partition coefficient (Wildman–Crippen LogP) is 3.45. The molecule has 0 atom stereocenters. The van der Waals surface area contributed by atoms with E-state index in [2.05, 4.69) is 9.97 Å². The maximum absolute atomic E-state index is 5.98. The summed E-state index contributed by atoms with van der Waals surface area (Å²) < 4.78 is 0. The van der Waals surface area contributed by atoms with Gasteiger partial charge in [-0.2, -0.15) is 0 Å². The Balaban J connectivity index is 2.55. The summed E-state index contributed by atoms with van der Waals surface area (Å²) in [6, 6.07) is 3.64. The zero-order valence-corrected chi connectivity index (χ0v) is 8.63. The Bertz CT molecular complexity index is 457. The highest BCUT2D eigenvalue weighted by molar-refractivity contribution is 6.33. The van der Waals surface area contributed by atoms with E-state index in [0.29, 0.717) is 10.0 Å². The van der Waals surface area contributed by atoms with Crippen molar-refractivity contribution >= 4 is 23.2 Å². The molecule has 0 saturated carbocycles. The number of rotatable bonds is 1. The topological polar surface area (TPSA) is 25.8 Å². The van der Waals surface area contributed by atoms with Crippen molar-refractivity contribution in [1.82, 2.24) is 9.97 Å². The number of halogens is 2. The van der Waals surface area contributed by atoms with E-state index in [-0.39, 0.29) is 0 Å². The van der Waals surface area contributed by atoms with Gasteiger partial charge in [0.25, 0.3) is 0 Å². The van der Waals surface area contributed by atoms with Crippen molar-refractivity contribution in [2.45, 2.75) is 0 Å². The Kier molecular flexibility index (Phi) is 2.66. The summed E-state index contributed by atoms with van der Waals surface area (Å²) in [4.78, 5) is 7.90. The molecule has 0 N–H and O–H groups in total. The fraction of sp³-hybridized carbons (Fsp3) is 0. The van der Waals surface area contributed by atoms with Crippen LogP contribution < -0.4 is 0 Å². The van der Waals surface area contributed by atoms with Crippen LogP contribution in [-0.4, -0.2) is 9.97 Å². The first-order valence-electron chi connectivity index (χ1n) is 3.98. The number of nitrogens with zero attached hydrogens (tertiary/aromatic N) is 2. The van der Waals surface area contributed by atoms with Crippen molar-refractivity contribution in [2.75, 3.05) is 0 Å². The van der Waals surface area contributed by atoms with Crippen LogP contribution in [0.5, 0.6) is 0 Å². The molecule has 14 heavy (non-hydrogen) atoms. The van der Waals surface area contributed by atoms with Gasteiger partial charge in [0.05, 0.1) is 10.0 Å². The highest BCUT2D eigenvalue weighted by atomic mass is 35.5. The van der Waals surface area contributed by atoms with Crippen LogP contribution in [0.4, 0.5) is 0 Å². The van der Waals surface area contributed by atoms with Crippen LogP contribution in [0.15, 0.2) is 36.9 Å². The van der Waals surface area contributed by atoms with E-state index in [1.54, 1.807) is 24.8 Å². The van der Waals surface area contributed by atoms with Gasteiger partial charge in [-0.15, -0.1) is 0 Å². The number of pyridine rings is 2. The average molecular weight is 225 g/mol. The maximum atomic E-state index is 5.98. The van der Waals surface area contributed by atoms with Crippen LogP contribution in [-0.2, 0) is 0 Å².